The number of hydrogen-bond donors (Lipinski definition) is 1. The van der Waals surface area contributed by atoms with E-state index in [1.165, 1.54) is 19.3 Å². The summed E-state index contributed by atoms with van der Waals surface area (Å²) in [5, 5.41) is 4.35. The first-order valence-corrected chi connectivity index (χ1v) is 6.60. The lowest BCUT2D eigenvalue weighted by molar-refractivity contribution is 0.00914. The Morgan fingerprint density at radius 1 is 1.59 bits per heavy atom. The standard InChI is InChI=1S/C13H23N3O/c1-16-8-7-12(15-16)10-11(14)5-6-13-4-2-3-9-17-13/h7-8,11,13H,2-6,9-10,14H2,1H3. The molecule has 1 aromatic rings. The van der Waals surface area contributed by atoms with Crippen molar-refractivity contribution in [1.82, 2.24) is 9.78 Å². The first-order chi connectivity index (χ1) is 8.24. The maximum atomic E-state index is 6.13. The van der Waals surface area contributed by atoms with Gasteiger partial charge >= 0.3 is 0 Å². The van der Waals surface area contributed by atoms with E-state index in [1.807, 2.05) is 24.0 Å². The zero-order chi connectivity index (χ0) is 12.1. The van der Waals surface area contributed by atoms with Gasteiger partial charge in [-0.2, -0.15) is 5.10 Å². The molecule has 1 aliphatic heterocycles. The monoisotopic (exact) mass is 237 g/mol. The molecule has 4 heteroatoms. The minimum Gasteiger partial charge on any atom is -0.378 e. The lowest BCUT2D eigenvalue weighted by Crippen LogP contribution is -2.27. The summed E-state index contributed by atoms with van der Waals surface area (Å²) in [5.41, 5.74) is 7.21. The van der Waals surface area contributed by atoms with Crippen molar-refractivity contribution in [1.29, 1.82) is 0 Å². The summed E-state index contributed by atoms with van der Waals surface area (Å²) in [4.78, 5) is 0. The van der Waals surface area contributed by atoms with Crippen LogP contribution in [-0.4, -0.2) is 28.5 Å². The SMILES string of the molecule is Cn1ccc(CC(N)CCC2CCCCO2)n1. The van der Waals surface area contributed by atoms with Crippen molar-refractivity contribution in [2.24, 2.45) is 12.8 Å². The van der Waals surface area contributed by atoms with Gasteiger partial charge in [0.15, 0.2) is 0 Å². The third-order valence-electron chi connectivity index (χ3n) is 3.37. The molecule has 2 unspecified atom stereocenters. The molecule has 2 heterocycles. The van der Waals surface area contributed by atoms with Crippen molar-refractivity contribution >= 4 is 0 Å². The van der Waals surface area contributed by atoms with Crippen LogP contribution in [0.3, 0.4) is 0 Å². The Morgan fingerprint density at radius 3 is 3.12 bits per heavy atom. The molecule has 0 saturated carbocycles. The Balaban J connectivity index is 1.68. The molecular weight excluding hydrogens is 214 g/mol. The average Bonchev–Trinajstić information content (AvgIpc) is 2.73. The van der Waals surface area contributed by atoms with Gasteiger partial charge < -0.3 is 10.5 Å². The normalized spacial score (nSPS) is 22.6. The van der Waals surface area contributed by atoms with E-state index in [1.54, 1.807) is 0 Å². The summed E-state index contributed by atoms with van der Waals surface area (Å²) in [6, 6.07) is 2.24. The fraction of sp³-hybridized carbons (Fsp3) is 0.769. The van der Waals surface area contributed by atoms with Crippen molar-refractivity contribution in [3.63, 3.8) is 0 Å². The molecule has 2 atom stereocenters. The Kier molecular flexibility index (Phi) is 4.57. The lowest BCUT2D eigenvalue weighted by Gasteiger charge is -2.23. The molecule has 2 N–H and O–H groups in total. The highest BCUT2D eigenvalue weighted by Gasteiger charge is 2.15. The highest BCUT2D eigenvalue weighted by Crippen LogP contribution is 2.18. The Bertz CT molecular complexity index is 331. The van der Waals surface area contributed by atoms with Crippen molar-refractivity contribution in [2.45, 2.75) is 50.7 Å². The van der Waals surface area contributed by atoms with Crippen molar-refractivity contribution in [3.8, 4) is 0 Å². The Morgan fingerprint density at radius 2 is 2.47 bits per heavy atom. The summed E-state index contributed by atoms with van der Waals surface area (Å²) in [7, 11) is 1.94. The molecule has 1 fully saturated rings. The maximum absolute atomic E-state index is 6.13. The highest BCUT2D eigenvalue weighted by atomic mass is 16.5. The van der Waals surface area contributed by atoms with Crippen LogP contribution in [0.2, 0.25) is 0 Å². The van der Waals surface area contributed by atoms with Crippen molar-refractivity contribution in [3.05, 3.63) is 18.0 Å². The molecule has 4 nitrogen and oxygen atoms in total. The van der Waals surface area contributed by atoms with E-state index in [0.717, 1.165) is 31.6 Å². The van der Waals surface area contributed by atoms with Crippen LogP contribution in [0.15, 0.2) is 12.3 Å². The molecule has 1 aliphatic rings. The summed E-state index contributed by atoms with van der Waals surface area (Å²) in [6.07, 6.45) is 9.13. The molecule has 0 amide bonds. The summed E-state index contributed by atoms with van der Waals surface area (Å²) in [5.74, 6) is 0. The van der Waals surface area contributed by atoms with Crippen LogP contribution >= 0.6 is 0 Å². The lowest BCUT2D eigenvalue weighted by atomic mass is 10.00. The number of nitrogens with zero attached hydrogens (tertiary/aromatic N) is 2. The minimum atomic E-state index is 0.204. The van der Waals surface area contributed by atoms with E-state index < -0.39 is 0 Å². The van der Waals surface area contributed by atoms with Crippen LogP contribution in [-0.2, 0) is 18.2 Å². The average molecular weight is 237 g/mol. The van der Waals surface area contributed by atoms with Gasteiger partial charge in [0, 0.05) is 32.3 Å². The number of aromatic nitrogens is 2. The van der Waals surface area contributed by atoms with Crippen molar-refractivity contribution in [2.75, 3.05) is 6.61 Å². The van der Waals surface area contributed by atoms with Gasteiger partial charge in [0.05, 0.1) is 11.8 Å². The molecule has 0 radical (unpaired) electrons. The molecule has 1 aromatic heterocycles. The maximum Gasteiger partial charge on any atom is 0.0639 e. The summed E-state index contributed by atoms with van der Waals surface area (Å²) in [6.45, 7) is 0.931. The molecule has 2 rings (SSSR count). The van der Waals surface area contributed by atoms with Crippen molar-refractivity contribution < 1.29 is 4.74 Å². The molecule has 17 heavy (non-hydrogen) atoms. The predicted molar refractivity (Wildman–Crippen MR) is 67.7 cm³/mol. The quantitative estimate of drug-likeness (QED) is 0.847. The molecular formula is C13H23N3O. The van der Waals surface area contributed by atoms with E-state index in [2.05, 4.69) is 5.10 Å². The largest absolute Gasteiger partial charge is 0.378 e. The van der Waals surface area contributed by atoms with Gasteiger partial charge in [-0.05, 0) is 38.2 Å². The second-order valence-electron chi connectivity index (χ2n) is 5.01. The first kappa shape index (κ1) is 12.6. The van der Waals surface area contributed by atoms with Gasteiger partial charge in [0.25, 0.3) is 0 Å². The smallest absolute Gasteiger partial charge is 0.0639 e. The number of hydrogen-bond acceptors (Lipinski definition) is 3. The van der Waals surface area contributed by atoms with Gasteiger partial charge in [-0.1, -0.05) is 0 Å². The van der Waals surface area contributed by atoms with Crippen LogP contribution < -0.4 is 5.73 Å². The van der Waals surface area contributed by atoms with Gasteiger partial charge in [0.1, 0.15) is 0 Å². The third-order valence-corrected chi connectivity index (χ3v) is 3.37. The number of ether oxygens (including phenoxy) is 1. The highest BCUT2D eigenvalue weighted by molar-refractivity contribution is 5.00. The van der Waals surface area contributed by atoms with Crippen LogP contribution in [0, 0.1) is 0 Å². The fourth-order valence-corrected chi connectivity index (χ4v) is 2.38. The van der Waals surface area contributed by atoms with Crippen LogP contribution in [0.1, 0.15) is 37.8 Å². The fourth-order valence-electron chi connectivity index (χ4n) is 2.38. The number of rotatable bonds is 5. The van der Waals surface area contributed by atoms with Gasteiger partial charge in [-0.3, -0.25) is 4.68 Å². The third kappa shape index (κ3) is 4.13. The van der Waals surface area contributed by atoms with E-state index in [0.29, 0.717) is 6.10 Å². The summed E-state index contributed by atoms with van der Waals surface area (Å²) >= 11 is 0. The number of nitrogens with two attached hydrogens (primary N) is 1. The zero-order valence-electron chi connectivity index (χ0n) is 10.6. The molecule has 0 aliphatic carbocycles. The minimum absolute atomic E-state index is 0.204. The Labute approximate surface area is 103 Å². The van der Waals surface area contributed by atoms with Crippen LogP contribution in [0.5, 0.6) is 0 Å². The Hall–Kier alpha value is -0.870. The van der Waals surface area contributed by atoms with E-state index in [4.69, 9.17) is 10.5 Å². The molecule has 1 saturated heterocycles. The molecule has 0 spiro atoms. The van der Waals surface area contributed by atoms with E-state index >= 15 is 0 Å². The van der Waals surface area contributed by atoms with Gasteiger partial charge in [-0.15, -0.1) is 0 Å². The second kappa shape index (κ2) is 6.17. The van der Waals surface area contributed by atoms with E-state index in [9.17, 15) is 0 Å². The molecule has 0 bridgehead atoms. The van der Waals surface area contributed by atoms with E-state index in [-0.39, 0.29) is 6.04 Å². The zero-order valence-corrected chi connectivity index (χ0v) is 10.6. The van der Waals surface area contributed by atoms with Gasteiger partial charge in [0.2, 0.25) is 0 Å². The van der Waals surface area contributed by atoms with Crippen LogP contribution in [0.25, 0.3) is 0 Å². The number of aryl methyl sites for hydroxylation is 1. The molecule has 96 valence electrons. The molecule has 0 aromatic carbocycles. The topological polar surface area (TPSA) is 53.1 Å². The first-order valence-electron chi connectivity index (χ1n) is 6.60. The predicted octanol–water partition coefficient (Wildman–Crippen LogP) is 1.64. The van der Waals surface area contributed by atoms with Crippen LogP contribution in [0.4, 0.5) is 0 Å². The second-order valence-corrected chi connectivity index (χ2v) is 5.01. The summed E-state index contributed by atoms with van der Waals surface area (Å²) < 4.78 is 7.53. The van der Waals surface area contributed by atoms with Gasteiger partial charge in [-0.25, -0.2) is 0 Å².